The maximum Gasteiger partial charge on any atom is 0.327 e. The standard InChI is InChI=1S/C14H19NO2S/c1-4-10-15-13(14(16)17-5-2)11-6-8-12(18-3)9-7-11/h4,6-9,13,15H,1,5,10H2,2-3H3. The number of ether oxygens (including phenoxy) is 1. The number of carbonyl (C=O) groups excluding carboxylic acids is 1. The molecule has 0 spiro atoms. The molecule has 0 radical (unpaired) electrons. The number of hydrogen-bond donors (Lipinski definition) is 1. The Balaban J connectivity index is 2.85. The Labute approximate surface area is 113 Å². The highest BCUT2D eigenvalue weighted by molar-refractivity contribution is 7.98. The topological polar surface area (TPSA) is 38.3 Å². The van der Waals surface area contributed by atoms with Crippen LogP contribution in [0.1, 0.15) is 18.5 Å². The van der Waals surface area contributed by atoms with Gasteiger partial charge in [0.1, 0.15) is 6.04 Å². The van der Waals surface area contributed by atoms with Gasteiger partial charge in [0.2, 0.25) is 0 Å². The van der Waals surface area contributed by atoms with E-state index in [9.17, 15) is 4.79 Å². The SMILES string of the molecule is C=CCNC(C(=O)OCC)c1ccc(SC)cc1. The Morgan fingerprint density at radius 1 is 1.50 bits per heavy atom. The number of hydrogen-bond acceptors (Lipinski definition) is 4. The van der Waals surface area contributed by atoms with E-state index in [1.165, 1.54) is 4.90 Å². The second-order valence-electron chi connectivity index (χ2n) is 3.66. The van der Waals surface area contributed by atoms with Gasteiger partial charge in [-0.05, 0) is 30.9 Å². The summed E-state index contributed by atoms with van der Waals surface area (Å²) in [5.74, 6) is -0.253. The zero-order valence-electron chi connectivity index (χ0n) is 10.8. The predicted octanol–water partition coefficient (Wildman–Crippen LogP) is 2.79. The summed E-state index contributed by atoms with van der Waals surface area (Å²) in [4.78, 5) is 13.1. The van der Waals surface area contributed by atoms with Crippen molar-refractivity contribution in [3.8, 4) is 0 Å². The molecule has 0 amide bonds. The van der Waals surface area contributed by atoms with E-state index >= 15 is 0 Å². The minimum atomic E-state index is -0.432. The van der Waals surface area contributed by atoms with Gasteiger partial charge in [-0.2, -0.15) is 0 Å². The quantitative estimate of drug-likeness (QED) is 0.467. The smallest absolute Gasteiger partial charge is 0.327 e. The number of nitrogens with one attached hydrogen (secondary N) is 1. The van der Waals surface area contributed by atoms with Gasteiger partial charge in [0.05, 0.1) is 6.61 Å². The van der Waals surface area contributed by atoms with Crippen molar-refractivity contribution < 1.29 is 9.53 Å². The van der Waals surface area contributed by atoms with Gasteiger partial charge in [-0.25, -0.2) is 4.79 Å². The van der Waals surface area contributed by atoms with Gasteiger partial charge in [-0.15, -0.1) is 18.3 Å². The van der Waals surface area contributed by atoms with E-state index in [-0.39, 0.29) is 5.97 Å². The molecule has 0 aliphatic rings. The molecule has 1 rings (SSSR count). The minimum absolute atomic E-state index is 0.253. The molecule has 1 aromatic carbocycles. The lowest BCUT2D eigenvalue weighted by molar-refractivity contribution is -0.145. The van der Waals surface area contributed by atoms with Gasteiger partial charge < -0.3 is 4.74 Å². The number of thioether (sulfide) groups is 1. The molecule has 98 valence electrons. The zero-order chi connectivity index (χ0) is 13.4. The van der Waals surface area contributed by atoms with Crippen LogP contribution in [0.25, 0.3) is 0 Å². The highest BCUT2D eigenvalue weighted by Gasteiger charge is 2.20. The van der Waals surface area contributed by atoms with Crippen molar-refractivity contribution in [3.05, 3.63) is 42.5 Å². The first-order valence-electron chi connectivity index (χ1n) is 5.87. The highest BCUT2D eigenvalue weighted by atomic mass is 32.2. The first-order chi connectivity index (χ1) is 8.72. The predicted molar refractivity (Wildman–Crippen MR) is 75.8 cm³/mol. The fourth-order valence-corrected chi connectivity index (χ4v) is 1.97. The fourth-order valence-electron chi connectivity index (χ4n) is 1.56. The maximum absolute atomic E-state index is 11.9. The molecular formula is C14H19NO2S. The fraction of sp³-hybridized carbons (Fsp3) is 0.357. The molecule has 4 heteroatoms. The molecule has 1 atom stereocenters. The third kappa shape index (κ3) is 4.20. The third-order valence-corrected chi connectivity index (χ3v) is 3.18. The Hall–Kier alpha value is -1.26. The summed E-state index contributed by atoms with van der Waals surface area (Å²) in [5.41, 5.74) is 0.910. The second-order valence-corrected chi connectivity index (χ2v) is 4.53. The van der Waals surface area contributed by atoms with Gasteiger partial charge in [0.25, 0.3) is 0 Å². The summed E-state index contributed by atoms with van der Waals surface area (Å²) in [7, 11) is 0. The van der Waals surface area contributed by atoms with Crippen LogP contribution in [0.15, 0.2) is 41.8 Å². The number of benzene rings is 1. The van der Waals surface area contributed by atoms with Crippen molar-refractivity contribution >= 4 is 17.7 Å². The summed E-state index contributed by atoms with van der Waals surface area (Å²) >= 11 is 1.67. The van der Waals surface area contributed by atoms with Crippen LogP contribution in [0.2, 0.25) is 0 Å². The van der Waals surface area contributed by atoms with Gasteiger partial charge in [0, 0.05) is 11.4 Å². The van der Waals surface area contributed by atoms with E-state index in [0.29, 0.717) is 13.2 Å². The molecule has 18 heavy (non-hydrogen) atoms. The van der Waals surface area contributed by atoms with Crippen molar-refractivity contribution in [3.63, 3.8) is 0 Å². The molecule has 0 bridgehead atoms. The number of rotatable bonds is 7. The van der Waals surface area contributed by atoms with Crippen LogP contribution >= 0.6 is 11.8 Å². The number of carbonyl (C=O) groups is 1. The third-order valence-electron chi connectivity index (χ3n) is 2.44. The molecular weight excluding hydrogens is 246 g/mol. The molecule has 0 saturated heterocycles. The molecule has 1 unspecified atom stereocenters. The van der Waals surface area contributed by atoms with Crippen LogP contribution in [-0.4, -0.2) is 25.4 Å². The summed E-state index contributed by atoms with van der Waals surface area (Å²) in [6.07, 6.45) is 3.75. The normalized spacial score (nSPS) is 11.9. The first-order valence-corrected chi connectivity index (χ1v) is 7.10. The van der Waals surface area contributed by atoms with E-state index in [1.54, 1.807) is 24.8 Å². The summed E-state index contributed by atoms with van der Waals surface area (Å²) in [6.45, 7) is 6.39. The second kappa shape index (κ2) is 7.95. The average Bonchev–Trinajstić information content (AvgIpc) is 2.40. The van der Waals surface area contributed by atoms with Gasteiger partial charge in [-0.3, -0.25) is 5.32 Å². The molecule has 0 heterocycles. The van der Waals surface area contributed by atoms with E-state index in [0.717, 1.165) is 5.56 Å². The Morgan fingerprint density at radius 2 is 2.17 bits per heavy atom. The molecule has 3 nitrogen and oxygen atoms in total. The molecule has 0 aromatic heterocycles. The summed E-state index contributed by atoms with van der Waals surface area (Å²) in [6, 6.07) is 7.47. The van der Waals surface area contributed by atoms with Crippen LogP contribution in [0, 0.1) is 0 Å². The Morgan fingerprint density at radius 3 is 2.67 bits per heavy atom. The molecule has 0 saturated carbocycles. The van der Waals surface area contributed by atoms with Crippen molar-refractivity contribution in [2.75, 3.05) is 19.4 Å². The monoisotopic (exact) mass is 265 g/mol. The Bertz CT molecular complexity index is 389. The van der Waals surface area contributed by atoms with E-state index < -0.39 is 6.04 Å². The maximum atomic E-state index is 11.9. The lowest BCUT2D eigenvalue weighted by Gasteiger charge is -2.17. The van der Waals surface area contributed by atoms with Crippen molar-refractivity contribution in [1.82, 2.24) is 5.32 Å². The van der Waals surface area contributed by atoms with E-state index in [4.69, 9.17) is 4.74 Å². The summed E-state index contributed by atoms with van der Waals surface area (Å²) in [5, 5.41) is 3.11. The first kappa shape index (κ1) is 14.8. The van der Waals surface area contributed by atoms with Crippen molar-refractivity contribution in [2.24, 2.45) is 0 Å². The van der Waals surface area contributed by atoms with Crippen LogP contribution in [0.3, 0.4) is 0 Å². The van der Waals surface area contributed by atoms with Gasteiger partial charge in [-0.1, -0.05) is 18.2 Å². The molecule has 1 aromatic rings. The van der Waals surface area contributed by atoms with E-state index in [2.05, 4.69) is 11.9 Å². The van der Waals surface area contributed by atoms with E-state index in [1.807, 2.05) is 30.5 Å². The van der Waals surface area contributed by atoms with Crippen LogP contribution in [0.5, 0.6) is 0 Å². The minimum Gasteiger partial charge on any atom is -0.465 e. The zero-order valence-corrected chi connectivity index (χ0v) is 11.6. The highest BCUT2D eigenvalue weighted by Crippen LogP contribution is 2.20. The van der Waals surface area contributed by atoms with Crippen molar-refractivity contribution in [2.45, 2.75) is 17.9 Å². The average molecular weight is 265 g/mol. The molecule has 1 N–H and O–H groups in total. The Kier molecular flexibility index (Phi) is 6.54. The lowest BCUT2D eigenvalue weighted by atomic mass is 10.1. The molecule has 0 aliphatic heterocycles. The summed E-state index contributed by atoms with van der Waals surface area (Å²) < 4.78 is 5.07. The molecule has 0 aliphatic carbocycles. The number of esters is 1. The largest absolute Gasteiger partial charge is 0.465 e. The van der Waals surface area contributed by atoms with Gasteiger partial charge in [0.15, 0.2) is 0 Å². The van der Waals surface area contributed by atoms with Crippen molar-refractivity contribution in [1.29, 1.82) is 0 Å². The van der Waals surface area contributed by atoms with Crippen LogP contribution in [-0.2, 0) is 9.53 Å². The molecule has 0 fully saturated rings. The van der Waals surface area contributed by atoms with Gasteiger partial charge >= 0.3 is 5.97 Å². The van der Waals surface area contributed by atoms with Crippen LogP contribution in [0.4, 0.5) is 0 Å². The lowest BCUT2D eigenvalue weighted by Crippen LogP contribution is -2.30. The van der Waals surface area contributed by atoms with Crippen LogP contribution < -0.4 is 5.32 Å².